The molecule has 0 aliphatic heterocycles. The predicted octanol–water partition coefficient (Wildman–Crippen LogP) is 3.16. The number of benzene rings is 2. The van der Waals surface area contributed by atoms with E-state index in [0.717, 1.165) is 5.75 Å². The topological polar surface area (TPSA) is 9.23 Å². The molecule has 0 bridgehead atoms. The van der Waals surface area contributed by atoms with Crippen molar-refractivity contribution in [3.63, 3.8) is 0 Å². The maximum absolute atomic E-state index is 5.28. The van der Waals surface area contributed by atoms with Crippen LogP contribution in [0, 0.1) is 6.92 Å². The molecule has 0 fully saturated rings. The lowest BCUT2D eigenvalue weighted by Crippen LogP contribution is -1.85. The molecule has 1 heteroatoms. The Morgan fingerprint density at radius 3 is 2.38 bits per heavy atom. The summed E-state index contributed by atoms with van der Waals surface area (Å²) in [5.74, 6) is 0.946. The van der Waals surface area contributed by atoms with E-state index in [1.165, 1.54) is 16.3 Å². The summed E-state index contributed by atoms with van der Waals surface area (Å²) in [6.45, 7) is 2.11. The van der Waals surface area contributed by atoms with Crippen molar-refractivity contribution in [1.82, 2.24) is 0 Å². The lowest BCUT2D eigenvalue weighted by molar-refractivity contribution is 0.420. The SMILES string of the molecule is COc1cccc2c(C)cccc12. The minimum atomic E-state index is 0.946. The fourth-order valence-corrected chi connectivity index (χ4v) is 1.62. The summed E-state index contributed by atoms with van der Waals surface area (Å²) in [7, 11) is 1.71. The summed E-state index contributed by atoms with van der Waals surface area (Å²) >= 11 is 0. The standard InChI is InChI=1S/C12H12O/c1-9-5-3-7-11-10(9)6-4-8-12(11)13-2/h3-8H,1-2H3. The van der Waals surface area contributed by atoms with E-state index in [-0.39, 0.29) is 0 Å². The molecule has 0 N–H and O–H groups in total. The van der Waals surface area contributed by atoms with Gasteiger partial charge in [-0.25, -0.2) is 0 Å². The van der Waals surface area contributed by atoms with Crippen molar-refractivity contribution in [2.75, 3.05) is 7.11 Å². The van der Waals surface area contributed by atoms with Gasteiger partial charge in [0.15, 0.2) is 0 Å². The molecule has 2 aromatic carbocycles. The van der Waals surface area contributed by atoms with Crippen LogP contribution in [-0.2, 0) is 0 Å². The van der Waals surface area contributed by atoms with Crippen molar-refractivity contribution in [2.24, 2.45) is 0 Å². The molecule has 0 aliphatic rings. The zero-order chi connectivity index (χ0) is 9.26. The first kappa shape index (κ1) is 8.11. The molecule has 0 saturated carbocycles. The second kappa shape index (κ2) is 3.09. The van der Waals surface area contributed by atoms with Gasteiger partial charge in [0.1, 0.15) is 5.75 Å². The first-order valence-corrected chi connectivity index (χ1v) is 4.35. The quantitative estimate of drug-likeness (QED) is 0.642. The Kier molecular flexibility index (Phi) is 1.93. The van der Waals surface area contributed by atoms with Crippen LogP contribution in [0.5, 0.6) is 5.75 Å². The Morgan fingerprint density at radius 1 is 0.923 bits per heavy atom. The lowest BCUT2D eigenvalue weighted by Gasteiger charge is -2.06. The number of aryl methyl sites for hydroxylation is 1. The molecule has 0 heterocycles. The molecule has 66 valence electrons. The highest BCUT2D eigenvalue weighted by atomic mass is 16.5. The summed E-state index contributed by atoms with van der Waals surface area (Å²) in [5, 5.41) is 2.45. The van der Waals surface area contributed by atoms with Crippen LogP contribution in [0.4, 0.5) is 0 Å². The Balaban J connectivity index is 2.84. The molecular formula is C12H12O. The van der Waals surface area contributed by atoms with Gasteiger partial charge >= 0.3 is 0 Å². The van der Waals surface area contributed by atoms with Crippen molar-refractivity contribution >= 4 is 10.8 Å². The number of methoxy groups -OCH3 is 1. The number of hydrogen-bond acceptors (Lipinski definition) is 1. The Hall–Kier alpha value is -1.50. The molecule has 0 unspecified atom stereocenters. The van der Waals surface area contributed by atoms with E-state index >= 15 is 0 Å². The zero-order valence-electron chi connectivity index (χ0n) is 7.87. The fraction of sp³-hybridized carbons (Fsp3) is 0.167. The Morgan fingerprint density at radius 2 is 1.62 bits per heavy atom. The number of ether oxygens (including phenoxy) is 1. The average Bonchev–Trinajstić information content (AvgIpc) is 2.18. The molecule has 0 aromatic heterocycles. The monoisotopic (exact) mass is 172 g/mol. The van der Waals surface area contributed by atoms with Gasteiger partial charge < -0.3 is 4.74 Å². The molecule has 0 radical (unpaired) electrons. The first-order valence-electron chi connectivity index (χ1n) is 4.35. The van der Waals surface area contributed by atoms with E-state index in [2.05, 4.69) is 31.2 Å². The van der Waals surface area contributed by atoms with Gasteiger partial charge in [0.2, 0.25) is 0 Å². The molecular weight excluding hydrogens is 160 g/mol. The van der Waals surface area contributed by atoms with Crippen LogP contribution in [0.15, 0.2) is 36.4 Å². The second-order valence-corrected chi connectivity index (χ2v) is 3.13. The molecule has 0 atom stereocenters. The van der Waals surface area contributed by atoms with Crippen LogP contribution < -0.4 is 4.74 Å². The highest BCUT2D eigenvalue weighted by Gasteiger charge is 2.00. The van der Waals surface area contributed by atoms with E-state index in [1.807, 2.05) is 12.1 Å². The molecule has 2 rings (SSSR count). The maximum Gasteiger partial charge on any atom is 0.126 e. The van der Waals surface area contributed by atoms with Gasteiger partial charge in [-0.1, -0.05) is 30.3 Å². The molecule has 0 aliphatic carbocycles. The van der Waals surface area contributed by atoms with Crippen molar-refractivity contribution in [3.05, 3.63) is 42.0 Å². The summed E-state index contributed by atoms with van der Waals surface area (Å²) in [6.07, 6.45) is 0. The smallest absolute Gasteiger partial charge is 0.126 e. The number of hydrogen-bond donors (Lipinski definition) is 0. The van der Waals surface area contributed by atoms with E-state index in [4.69, 9.17) is 4.74 Å². The minimum Gasteiger partial charge on any atom is -0.496 e. The predicted molar refractivity (Wildman–Crippen MR) is 55.2 cm³/mol. The van der Waals surface area contributed by atoms with Crippen LogP contribution in [-0.4, -0.2) is 7.11 Å². The van der Waals surface area contributed by atoms with Crippen molar-refractivity contribution in [1.29, 1.82) is 0 Å². The minimum absolute atomic E-state index is 0.946. The van der Waals surface area contributed by atoms with Gasteiger partial charge in [0.25, 0.3) is 0 Å². The molecule has 0 saturated heterocycles. The molecule has 0 spiro atoms. The molecule has 13 heavy (non-hydrogen) atoms. The second-order valence-electron chi connectivity index (χ2n) is 3.13. The van der Waals surface area contributed by atoms with Crippen molar-refractivity contribution in [2.45, 2.75) is 6.92 Å². The average molecular weight is 172 g/mol. The third-order valence-electron chi connectivity index (χ3n) is 2.32. The van der Waals surface area contributed by atoms with Crippen molar-refractivity contribution in [3.8, 4) is 5.75 Å². The maximum atomic E-state index is 5.28. The summed E-state index contributed by atoms with van der Waals surface area (Å²) in [4.78, 5) is 0. The van der Waals surface area contributed by atoms with Gasteiger partial charge in [-0.15, -0.1) is 0 Å². The summed E-state index contributed by atoms with van der Waals surface area (Å²) in [5.41, 5.74) is 1.29. The van der Waals surface area contributed by atoms with Gasteiger partial charge in [-0.3, -0.25) is 0 Å². The highest BCUT2D eigenvalue weighted by Crippen LogP contribution is 2.26. The van der Waals surface area contributed by atoms with Crippen LogP contribution in [0.2, 0.25) is 0 Å². The third kappa shape index (κ3) is 1.26. The first-order chi connectivity index (χ1) is 6.33. The van der Waals surface area contributed by atoms with Crippen LogP contribution in [0.25, 0.3) is 10.8 Å². The van der Waals surface area contributed by atoms with Crippen LogP contribution >= 0.6 is 0 Å². The molecule has 1 nitrogen and oxygen atoms in total. The van der Waals surface area contributed by atoms with Gasteiger partial charge in [-0.2, -0.15) is 0 Å². The normalized spacial score (nSPS) is 10.3. The van der Waals surface area contributed by atoms with Crippen molar-refractivity contribution < 1.29 is 4.74 Å². The highest BCUT2D eigenvalue weighted by molar-refractivity contribution is 5.90. The Bertz CT molecular complexity index is 432. The van der Waals surface area contributed by atoms with Gasteiger partial charge in [-0.05, 0) is 23.9 Å². The van der Waals surface area contributed by atoms with E-state index in [9.17, 15) is 0 Å². The van der Waals surface area contributed by atoms with Gasteiger partial charge in [0, 0.05) is 5.39 Å². The van der Waals surface area contributed by atoms with E-state index in [1.54, 1.807) is 7.11 Å². The van der Waals surface area contributed by atoms with Gasteiger partial charge in [0.05, 0.1) is 7.11 Å². The largest absolute Gasteiger partial charge is 0.496 e. The molecule has 2 aromatic rings. The number of rotatable bonds is 1. The fourth-order valence-electron chi connectivity index (χ4n) is 1.62. The lowest BCUT2D eigenvalue weighted by atomic mass is 10.1. The van der Waals surface area contributed by atoms with E-state index < -0.39 is 0 Å². The van der Waals surface area contributed by atoms with E-state index in [0.29, 0.717) is 0 Å². The Labute approximate surface area is 78.0 Å². The zero-order valence-corrected chi connectivity index (χ0v) is 7.87. The molecule has 0 amide bonds. The number of fused-ring (bicyclic) bond motifs is 1. The summed E-state index contributed by atoms with van der Waals surface area (Å²) < 4.78 is 5.28. The third-order valence-corrected chi connectivity index (χ3v) is 2.32. The van der Waals surface area contributed by atoms with Crippen LogP contribution in [0.1, 0.15) is 5.56 Å². The van der Waals surface area contributed by atoms with Crippen LogP contribution in [0.3, 0.4) is 0 Å². The summed E-state index contributed by atoms with van der Waals surface area (Å²) in [6, 6.07) is 12.4.